The number of nitrogens with one attached hydrogen (secondary N) is 1. The maximum atomic E-state index is 13.3. The van der Waals surface area contributed by atoms with Crippen LogP contribution in [0.2, 0.25) is 0 Å². The standard InChI is InChI=1S/C15H20Br2FNO3S/c1-10-4-2-3-5-14(10)22-7-6-19-23(20,21)15-12(16)8-11(18)9-13(15)17/h8-10,14,19H,2-7H2,1H3. The second kappa shape index (κ2) is 8.38. The Bertz CT molecular complexity index is 631. The molecule has 0 radical (unpaired) electrons. The summed E-state index contributed by atoms with van der Waals surface area (Å²) in [4.78, 5) is -0.00932. The first-order valence-electron chi connectivity index (χ1n) is 7.57. The van der Waals surface area contributed by atoms with E-state index in [1.54, 1.807) is 0 Å². The van der Waals surface area contributed by atoms with Crippen LogP contribution in [0.1, 0.15) is 32.6 Å². The number of hydrogen-bond acceptors (Lipinski definition) is 3. The van der Waals surface area contributed by atoms with Crippen LogP contribution in [0.5, 0.6) is 0 Å². The molecule has 23 heavy (non-hydrogen) atoms. The number of halogens is 3. The predicted molar refractivity (Wildman–Crippen MR) is 94.4 cm³/mol. The Kier molecular flexibility index (Phi) is 7.03. The lowest BCUT2D eigenvalue weighted by molar-refractivity contribution is -0.00177. The summed E-state index contributed by atoms with van der Waals surface area (Å²) in [6.07, 6.45) is 4.79. The molecule has 2 rings (SSSR count). The van der Waals surface area contributed by atoms with Gasteiger partial charge in [0.1, 0.15) is 10.7 Å². The third kappa shape index (κ3) is 5.22. The number of sulfonamides is 1. The van der Waals surface area contributed by atoms with Gasteiger partial charge in [-0.05, 0) is 62.8 Å². The van der Waals surface area contributed by atoms with Gasteiger partial charge in [-0.25, -0.2) is 17.5 Å². The molecule has 8 heteroatoms. The molecule has 4 nitrogen and oxygen atoms in total. The molecule has 0 heterocycles. The van der Waals surface area contributed by atoms with Crippen LogP contribution in [-0.2, 0) is 14.8 Å². The van der Waals surface area contributed by atoms with Crippen LogP contribution >= 0.6 is 31.9 Å². The van der Waals surface area contributed by atoms with Crippen LogP contribution in [0.3, 0.4) is 0 Å². The molecule has 130 valence electrons. The van der Waals surface area contributed by atoms with Gasteiger partial charge in [-0.3, -0.25) is 0 Å². The van der Waals surface area contributed by atoms with Crippen LogP contribution in [0, 0.1) is 11.7 Å². The van der Waals surface area contributed by atoms with Gasteiger partial charge in [-0.2, -0.15) is 0 Å². The summed E-state index contributed by atoms with van der Waals surface area (Å²) in [5, 5.41) is 0. The summed E-state index contributed by atoms with van der Waals surface area (Å²) >= 11 is 6.19. The van der Waals surface area contributed by atoms with Crippen LogP contribution in [0.25, 0.3) is 0 Å². The molecule has 2 atom stereocenters. The molecule has 1 N–H and O–H groups in total. The molecular weight excluding hydrogens is 453 g/mol. The van der Waals surface area contributed by atoms with E-state index >= 15 is 0 Å². The molecule has 0 amide bonds. The Balaban J connectivity index is 1.92. The summed E-state index contributed by atoms with van der Waals surface area (Å²) in [6.45, 7) is 2.67. The lowest BCUT2D eigenvalue weighted by atomic mass is 9.88. The fourth-order valence-corrected chi connectivity index (χ4v) is 6.31. The fourth-order valence-electron chi connectivity index (χ4n) is 2.77. The van der Waals surface area contributed by atoms with Gasteiger partial charge in [-0.15, -0.1) is 0 Å². The summed E-state index contributed by atoms with van der Waals surface area (Å²) in [6, 6.07) is 2.25. The maximum absolute atomic E-state index is 13.3. The van der Waals surface area contributed by atoms with Gasteiger partial charge in [0.25, 0.3) is 0 Å². The monoisotopic (exact) mass is 471 g/mol. The molecule has 2 unspecified atom stereocenters. The topological polar surface area (TPSA) is 55.4 Å². The molecule has 0 bridgehead atoms. The number of rotatable bonds is 6. The molecule has 1 fully saturated rings. The van der Waals surface area contributed by atoms with Crippen molar-refractivity contribution in [3.8, 4) is 0 Å². The Morgan fingerprint density at radius 2 is 1.87 bits per heavy atom. The van der Waals surface area contributed by atoms with Crippen LogP contribution in [0.4, 0.5) is 4.39 Å². The van der Waals surface area contributed by atoms with E-state index in [-0.39, 0.29) is 26.5 Å². The fraction of sp³-hybridized carbons (Fsp3) is 0.600. The van der Waals surface area contributed by atoms with Crippen LogP contribution < -0.4 is 4.72 Å². The minimum absolute atomic E-state index is 0.00932. The average molecular weight is 473 g/mol. The van der Waals surface area contributed by atoms with E-state index in [2.05, 4.69) is 43.5 Å². The minimum atomic E-state index is -3.75. The zero-order chi connectivity index (χ0) is 17.0. The molecule has 0 saturated heterocycles. The molecule has 1 aliphatic carbocycles. The molecular formula is C15H20Br2FNO3S. The van der Waals surface area contributed by atoms with Gasteiger partial charge in [0, 0.05) is 15.5 Å². The lowest BCUT2D eigenvalue weighted by Crippen LogP contribution is -2.32. The van der Waals surface area contributed by atoms with Gasteiger partial charge in [-0.1, -0.05) is 19.8 Å². The maximum Gasteiger partial charge on any atom is 0.242 e. The predicted octanol–water partition coefficient (Wildman–Crippen LogP) is 4.22. The van der Waals surface area contributed by atoms with E-state index < -0.39 is 15.8 Å². The van der Waals surface area contributed by atoms with Crippen molar-refractivity contribution in [2.24, 2.45) is 5.92 Å². The number of ether oxygens (including phenoxy) is 1. The Hall–Kier alpha value is -0.0200. The SMILES string of the molecule is CC1CCCCC1OCCNS(=O)(=O)c1c(Br)cc(F)cc1Br. The van der Waals surface area contributed by atoms with Gasteiger partial charge in [0.05, 0.1) is 12.7 Å². The van der Waals surface area contributed by atoms with E-state index in [0.29, 0.717) is 12.5 Å². The normalized spacial score (nSPS) is 22.3. The van der Waals surface area contributed by atoms with Crippen molar-refractivity contribution in [3.63, 3.8) is 0 Å². The largest absolute Gasteiger partial charge is 0.377 e. The van der Waals surface area contributed by atoms with Crippen molar-refractivity contribution in [2.75, 3.05) is 13.2 Å². The molecule has 1 aromatic rings. The van der Waals surface area contributed by atoms with Crippen LogP contribution in [0.15, 0.2) is 26.0 Å². The van der Waals surface area contributed by atoms with Crippen molar-refractivity contribution in [1.82, 2.24) is 4.72 Å². The van der Waals surface area contributed by atoms with Gasteiger partial charge >= 0.3 is 0 Å². The van der Waals surface area contributed by atoms with Crippen molar-refractivity contribution in [1.29, 1.82) is 0 Å². The van der Waals surface area contributed by atoms with E-state index in [4.69, 9.17) is 4.74 Å². The lowest BCUT2D eigenvalue weighted by Gasteiger charge is -2.28. The van der Waals surface area contributed by atoms with Crippen molar-refractivity contribution >= 4 is 41.9 Å². The van der Waals surface area contributed by atoms with Gasteiger partial charge < -0.3 is 4.74 Å². The Morgan fingerprint density at radius 1 is 1.26 bits per heavy atom. The number of benzene rings is 1. The van der Waals surface area contributed by atoms with E-state index in [0.717, 1.165) is 31.4 Å². The summed E-state index contributed by atoms with van der Waals surface area (Å²) in [5.74, 6) is -0.00179. The third-order valence-electron chi connectivity index (χ3n) is 3.99. The van der Waals surface area contributed by atoms with E-state index in [1.165, 1.54) is 6.42 Å². The highest BCUT2D eigenvalue weighted by molar-refractivity contribution is 9.11. The number of hydrogen-bond donors (Lipinski definition) is 1. The smallest absolute Gasteiger partial charge is 0.242 e. The Morgan fingerprint density at radius 3 is 2.48 bits per heavy atom. The first-order valence-corrected chi connectivity index (χ1v) is 10.6. The molecule has 0 spiro atoms. The highest BCUT2D eigenvalue weighted by Crippen LogP contribution is 2.31. The second-order valence-corrected chi connectivity index (χ2v) is 9.18. The van der Waals surface area contributed by atoms with Crippen LogP contribution in [-0.4, -0.2) is 27.7 Å². The van der Waals surface area contributed by atoms with Crippen molar-refractivity contribution in [2.45, 2.75) is 43.6 Å². The quantitative estimate of drug-likeness (QED) is 0.630. The summed E-state index contributed by atoms with van der Waals surface area (Å²) < 4.78 is 46.6. The molecule has 1 saturated carbocycles. The average Bonchev–Trinajstić information content (AvgIpc) is 2.43. The first-order chi connectivity index (χ1) is 10.8. The highest BCUT2D eigenvalue weighted by atomic mass is 79.9. The highest BCUT2D eigenvalue weighted by Gasteiger charge is 2.24. The van der Waals surface area contributed by atoms with E-state index in [9.17, 15) is 12.8 Å². The molecule has 1 aromatic carbocycles. The molecule has 0 aromatic heterocycles. The van der Waals surface area contributed by atoms with Gasteiger partial charge in [0.2, 0.25) is 10.0 Å². The minimum Gasteiger partial charge on any atom is -0.377 e. The zero-order valence-corrected chi connectivity index (χ0v) is 16.8. The Labute approximate surface area is 153 Å². The summed E-state index contributed by atoms with van der Waals surface area (Å²) in [5.41, 5.74) is 0. The summed E-state index contributed by atoms with van der Waals surface area (Å²) in [7, 11) is -3.75. The zero-order valence-electron chi connectivity index (χ0n) is 12.8. The second-order valence-electron chi connectivity index (χ2n) is 5.77. The molecule has 1 aliphatic rings. The van der Waals surface area contributed by atoms with E-state index in [1.807, 2.05) is 0 Å². The van der Waals surface area contributed by atoms with Gasteiger partial charge in [0.15, 0.2) is 0 Å². The first kappa shape index (κ1) is 19.3. The third-order valence-corrected chi connectivity index (χ3v) is 7.33. The van der Waals surface area contributed by atoms with Crippen molar-refractivity contribution < 1.29 is 17.5 Å². The van der Waals surface area contributed by atoms with Crippen molar-refractivity contribution in [3.05, 3.63) is 26.9 Å². The molecule has 0 aliphatic heterocycles.